The second kappa shape index (κ2) is 7.86. The first-order valence-corrected chi connectivity index (χ1v) is 10.7. The Balaban J connectivity index is 1.35. The van der Waals surface area contributed by atoms with Crippen molar-refractivity contribution < 1.29 is 4.79 Å². The fraction of sp³-hybridized carbons (Fsp3) is 0.619. The van der Waals surface area contributed by atoms with E-state index in [4.69, 9.17) is 4.98 Å². The molecule has 0 spiro atoms. The fourth-order valence-corrected chi connectivity index (χ4v) is 5.52. The fourth-order valence-electron chi connectivity index (χ4n) is 4.43. The highest BCUT2D eigenvalue weighted by molar-refractivity contribution is 7.18. The summed E-state index contributed by atoms with van der Waals surface area (Å²) in [5.74, 6) is 1.59. The zero-order chi connectivity index (χ0) is 17.1. The Bertz CT molecular complexity index is 687. The lowest BCUT2D eigenvalue weighted by Gasteiger charge is -2.32. The number of amides is 1. The van der Waals surface area contributed by atoms with Gasteiger partial charge in [0.05, 0.1) is 15.2 Å². The molecule has 1 aliphatic carbocycles. The maximum Gasteiger partial charge on any atom is 0.222 e. The zero-order valence-corrected chi connectivity index (χ0v) is 15.8. The largest absolute Gasteiger partial charge is 0.342 e. The zero-order valence-electron chi connectivity index (χ0n) is 15.0. The molecule has 2 aliphatic rings. The average molecular weight is 357 g/mol. The van der Waals surface area contributed by atoms with Crippen LogP contribution in [-0.4, -0.2) is 28.9 Å². The molecule has 1 saturated carbocycles. The van der Waals surface area contributed by atoms with E-state index >= 15 is 0 Å². The number of carbonyl (C=O) groups is 1. The van der Waals surface area contributed by atoms with E-state index in [-0.39, 0.29) is 0 Å². The molecule has 1 aliphatic heterocycles. The van der Waals surface area contributed by atoms with Crippen LogP contribution in [0.5, 0.6) is 0 Å². The third-order valence-corrected chi connectivity index (χ3v) is 7.12. The molecule has 134 valence electrons. The SMILES string of the molecule is O=C(CCC1CCCCC1)N1CCC[C@H](c2nc3ccccc3s2)C1. The van der Waals surface area contributed by atoms with Gasteiger partial charge < -0.3 is 4.90 Å². The van der Waals surface area contributed by atoms with E-state index in [2.05, 4.69) is 23.1 Å². The van der Waals surface area contributed by atoms with Gasteiger partial charge in [-0.1, -0.05) is 44.2 Å². The summed E-state index contributed by atoms with van der Waals surface area (Å²) in [6.07, 6.45) is 10.9. The number of likely N-dealkylation sites (tertiary alicyclic amines) is 1. The molecule has 25 heavy (non-hydrogen) atoms. The number of para-hydroxylation sites is 1. The van der Waals surface area contributed by atoms with Crippen molar-refractivity contribution in [3.63, 3.8) is 0 Å². The van der Waals surface area contributed by atoms with Gasteiger partial charge in [0.25, 0.3) is 0 Å². The van der Waals surface area contributed by atoms with Crippen LogP contribution in [0, 0.1) is 5.92 Å². The molecule has 0 bridgehead atoms. The Hall–Kier alpha value is -1.42. The number of benzene rings is 1. The van der Waals surface area contributed by atoms with Crippen LogP contribution in [0.15, 0.2) is 24.3 Å². The third kappa shape index (κ3) is 4.05. The minimum Gasteiger partial charge on any atom is -0.342 e. The predicted molar refractivity (Wildman–Crippen MR) is 104 cm³/mol. The molecule has 2 heterocycles. The second-order valence-electron chi connectivity index (χ2n) is 7.74. The molecule has 1 aromatic carbocycles. The van der Waals surface area contributed by atoms with E-state index < -0.39 is 0 Å². The molecule has 1 atom stereocenters. The van der Waals surface area contributed by atoms with E-state index in [9.17, 15) is 4.79 Å². The van der Waals surface area contributed by atoms with Crippen LogP contribution >= 0.6 is 11.3 Å². The van der Waals surface area contributed by atoms with Gasteiger partial charge in [-0.25, -0.2) is 4.98 Å². The smallest absolute Gasteiger partial charge is 0.222 e. The molecular weight excluding hydrogens is 328 g/mol. The average Bonchev–Trinajstić information content (AvgIpc) is 3.11. The summed E-state index contributed by atoms with van der Waals surface area (Å²) in [5, 5.41) is 1.21. The summed E-state index contributed by atoms with van der Waals surface area (Å²) in [6, 6.07) is 8.36. The molecule has 1 amide bonds. The number of carbonyl (C=O) groups excluding carboxylic acids is 1. The monoisotopic (exact) mass is 356 g/mol. The van der Waals surface area contributed by atoms with Crippen molar-refractivity contribution in [3.05, 3.63) is 29.3 Å². The normalized spacial score (nSPS) is 22.4. The van der Waals surface area contributed by atoms with Crippen molar-refractivity contribution in [2.45, 2.75) is 63.7 Å². The highest BCUT2D eigenvalue weighted by Crippen LogP contribution is 2.33. The van der Waals surface area contributed by atoms with Gasteiger partial charge in [0, 0.05) is 25.4 Å². The number of rotatable bonds is 4. The van der Waals surface area contributed by atoms with E-state index in [1.807, 2.05) is 6.07 Å². The lowest BCUT2D eigenvalue weighted by molar-refractivity contribution is -0.132. The molecule has 4 rings (SSSR count). The van der Waals surface area contributed by atoms with E-state index in [1.165, 1.54) is 41.8 Å². The van der Waals surface area contributed by atoms with Crippen molar-refractivity contribution >= 4 is 27.5 Å². The second-order valence-corrected chi connectivity index (χ2v) is 8.80. The Kier molecular flexibility index (Phi) is 5.35. The van der Waals surface area contributed by atoms with Gasteiger partial charge in [0.2, 0.25) is 5.91 Å². The van der Waals surface area contributed by atoms with Crippen molar-refractivity contribution in [1.82, 2.24) is 9.88 Å². The molecule has 2 fully saturated rings. The quantitative estimate of drug-likeness (QED) is 0.738. The van der Waals surface area contributed by atoms with Gasteiger partial charge in [0.15, 0.2) is 0 Å². The van der Waals surface area contributed by atoms with Crippen LogP contribution in [0.2, 0.25) is 0 Å². The summed E-state index contributed by atoms with van der Waals surface area (Å²) in [4.78, 5) is 19.6. The van der Waals surface area contributed by atoms with Crippen LogP contribution < -0.4 is 0 Å². The molecule has 2 aromatic rings. The van der Waals surface area contributed by atoms with E-state index in [0.29, 0.717) is 11.8 Å². The molecular formula is C21H28N2OS. The van der Waals surface area contributed by atoms with Gasteiger partial charge in [-0.15, -0.1) is 11.3 Å². The standard InChI is InChI=1S/C21H28N2OS/c24-20(13-12-16-7-2-1-3-8-16)23-14-6-9-17(15-23)21-22-18-10-4-5-11-19(18)25-21/h4-5,10-11,16-17H,1-3,6-9,12-15H2/t17-/m0/s1. The van der Waals surface area contributed by atoms with Gasteiger partial charge >= 0.3 is 0 Å². The lowest BCUT2D eigenvalue weighted by Crippen LogP contribution is -2.39. The highest BCUT2D eigenvalue weighted by atomic mass is 32.1. The van der Waals surface area contributed by atoms with Gasteiger partial charge in [-0.2, -0.15) is 0 Å². The van der Waals surface area contributed by atoms with Crippen LogP contribution in [0.1, 0.15) is 68.7 Å². The van der Waals surface area contributed by atoms with Gasteiger partial charge in [0.1, 0.15) is 0 Å². The molecule has 0 unspecified atom stereocenters. The Labute approximate surface area is 154 Å². The number of thiazole rings is 1. The molecule has 1 aromatic heterocycles. The van der Waals surface area contributed by atoms with Crippen LogP contribution in [-0.2, 0) is 4.79 Å². The summed E-state index contributed by atoms with van der Waals surface area (Å²) in [5.41, 5.74) is 1.10. The topological polar surface area (TPSA) is 33.2 Å². The minimum absolute atomic E-state index is 0.372. The minimum atomic E-state index is 0.372. The van der Waals surface area contributed by atoms with Crippen molar-refractivity contribution in [2.24, 2.45) is 5.92 Å². The Morgan fingerprint density at radius 1 is 1.12 bits per heavy atom. The summed E-state index contributed by atoms with van der Waals surface area (Å²) in [7, 11) is 0. The first-order chi connectivity index (χ1) is 12.3. The first-order valence-electron chi connectivity index (χ1n) is 9.93. The van der Waals surface area contributed by atoms with Gasteiger partial charge in [-0.3, -0.25) is 4.79 Å². The highest BCUT2D eigenvalue weighted by Gasteiger charge is 2.27. The molecule has 1 saturated heterocycles. The number of aromatic nitrogens is 1. The molecule has 0 radical (unpaired) electrons. The van der Waals surface area contributed by atoms with Crippen molar-refractivity contribution in [3.8, 4) is 0 Å². The number of hydrogen-bond donors (Lipinski definition) is 0. The summed E-state index contributed by atoms with van der Waals surface area (Å²) < 4.78 is 1.26. The number of hydrogen-bond acceptors (Lipinski definition) is 3. The maximum atomic E-state index is 12.7. The number of nitrogens with zero attached hydrogens (tertiary/aromatic N) is 2. The van der Waals surface area contributed by atoms with Crippen LogP contribution in [0.25, 0.3) is 10.2 Å². The third-order valence-electron chi connectivity index (χ3n) is 5.92. The van der Waals surface area contributed by atoms with Crippen LogP contribution in [0.4, 0.5) is 0 Å². The Morgan fingerprint density at radius 3 is 2.80 bits per heavy atom. The number of fused-ring (bicyclic) bond motifs is 1. The summed E-state index contributed by atoms with van der Waals surface area (Å²) in [6.45, 7) is 1.80. The van der Waals surface area contributed by atoms with Crippen molar-refractivity contribution in [2.75, 3.05) is 13.1 Å². The van der Waals surface area contributed by atoms with Gasteiger partial charge in [-0.05, 0) is 37.3 Å². The van der Waals surface area contributed by atoms with Crippen LogP contribution in [0.3, 0.4) is 0 Å². The predicted octanol–water partition coefficient (Wildman–Crippen LogP) is 5.36. The van der Waals surface area contributed by atoms with E-state index in [0.717, 1.165) is 50.2 Å². The van der Waals surface area contributed by atoms with Crippen molar-refractivity contribution in [1.29, 1.82) is 0 Å². The number of piperidine rings is 1. The molecule has 0 N–H and O–H groups in total. The lowest BCUT2D eigenvalue weighted by atomic mass is 9.86. The molecule has 4 heteroatoms. The molecule has 3 nitrogen and oxygen atoms in total. The van der Waals surface area contributed by atoms with E-state index in [1.54, 1.807) is 11.3 Å². The first kappa shape index (κ1) is 17.0. The Morgan fingerprint density at radius 2 is 1.96 bits per heavy atom. The summed E-state index contributed by atoms with van der Waals surface area (Å²) >= 11 is 1.80. The maximum absolute atomic E-state index is 12.7.